The van der Waals surface area contributed by atoms with E-state index in [1.807, 2.05) is 13.0 Å². The highest BCUT2D eigenvalue weighted by Crippen LogP contribution is 2.25. The van der Waals surface area contributed by atoms with Crippen LogP contribution in [-0.2, 0) is 0 Å². The molecule has 2 aromatic rings. The molecule has 5 N–H and O–H groups in total. The lowest BCUT2D eigenvalue weighted by molar-refractivity contribution is 0.102. The van der Waals surface area contributed by atoms with Gasteiger partial charge in [-0.3, -0.25) is 4.79 Å². The van der Waals surface area contributed by atoms with E-state index in [4.69, 9.17) is 16.2 Å². The maximum Gasteiger partial charge on any atom is 0.257 e. The molecule has 0 saturated carbocycles. The zero-order chi connectivity index (χ0) is 14.7. The lowest BCUT2D eigenvalue weighted by atomic mass is 10.1. The fraction of sp³-hybridized carbons (Fsp3) is 0.133. The van der Waals surface area contributed by atoms with Gasteiger partial charge >= 0.3 is 0 Å². The number of carbonyl (C=O) groups excluding carboxylic acids is 1. The Kier molecular flexibility index (Phi) is 3.79. The van der Waals surface area contributed by atoms with E-state index in [9.17, 15) is 4.79 Å². The molecule has 20 heavy (non-hydrogen) atoms. The predicted molar refractivity (Wildman–Crippen MR) is 81.0 cm³/mol. The lowest BCUT2D eigenvalue weighted by Crippen LogP contribution is -2.15. The quantitative estimate of drug-likeness (QED) is 0.748. The van der Waals surface area contributed by atoms with Crippen LogP contribution in [0.1, 0.15) is 15.9 Å². The van der Waals surface area contributed by atoms with E-state index in [1.165, 1.54) is 0 Å². The number of nitrogens with two attached hydrogens (primary N) is 2. The smallest absolute Gasteiger partial charge is 0.257 e. The van der Waals surface area contributed by atoms with Crippen molar-refractivity contribution < 1.29 is 9.53 Å². The molecule has 0 aliphatic rings. The zero-order valence-corrected chi connectivity index (χ0v) is 11.4. The van der Waals surface area contributed by atoms with Gasteiger partial charge in [0.1, 0.15) is 5.75 Å². The van der Waals surface area contributed by atoms with Crippen LogP contribution in [-0.4, -0.2) is 13.0 Å². The van der Waals surface area contributed by atoms with Crippen LogP contribution in [0.3, 0.4) is 0 Å². The molecule has 0 atom stereocenters. The first-order valence-corrected chi connectivity index (χ1v) is 6.12. The van der Waals surface area contributed by atoms with Crippen molar-refractivity contribution in [2.24, 2.45) is 0 Å². The van der Waals surface area contributed by atoms with Gasteiger partial charge in [-0.15, -0.1) is 0 Å². The van der Waals surface area contributed by atoms with Gasteiger partial charge in [0.15, 0.2) is 0 Å². The maximum atomic E-state index is 12.2. The summed E-state index contributed by atoms with van der Waals surface area (Å²) < 4.78 is 5.06. The van der Waals surface area contributed by atoms with E-state index >= 15 is 0 Å². The summed E-state index contributed by atoms with van der Waals surface area (Å²) in [4.78, 5) is 12.2. The van der Waals surface area contributed by atoms with Gasteiger partial charge in [0, 0.05) is 11.8 Å². The Balaban J connectivity index is 2.23. The minimum atomic E-state index is -0.292. The number of carbonyl (C=O) groups is 1. The van der Waals surface area contributed by atoms with Gasteiger partial charge < -0.3 is 21.5 Å². The van der Waals surface area contributed by atoms with Crippen LogP contribution >= 0.6 is 0 Å². The van der Waals surface area contributed by atoms with E-state index in [0.717, 1.165) is 5.56 Å². The van der Waals surface area contributed by atoms with Gasteiger partial charge in [-0.25, -0.2) is 0 Å². The molecule has 0 bridgehead atoms. The Hall–Kier alpha value is -2.69. The number of ether oxygens (including phenoxy) is 1. The van der Waals surface area contributed by atoms with Crippen molar-refractivity contribution in [1.29, 1.82) is 0 Å². The molecule has 2 aromatic carbocycles. The van der Waals surface area contributed by atoms with E-state index < -0.39 is 0 Å². The number of benzene rings is 2. The van der Waals surface area contributed by atoms with Crippen LogP contribution in [0.15, 0.2) is 36.4 Å². The van der Waals surface area contributed by atoms with Crippen molar-refractivity contribution in [3.05, 3.63) is 47.5 Å². The normalized spacial score (nSPS) is 10.1. The standard InChI is InChI=1S/C15H17N3O2/c1-9-3-5-11(12(16)7-9)15(19)18-14-6-4-10(20-2)8-13(14)17/h3-8H,16-17H2,1-2H3,(H,18,19). The first-order chi connectivity index (χ1) is 9.51. The van der Waals surface area contributed by atoms with Crippen LogP contribution in [0, 0.1) is 6.92 Å². The molecule has 0 spiro atoms. The van der Waals surface area contributed by atoms with Crippen LogP contribution in [0.2, 0.25) is 0 Å². The third-order valence-corrected chi connectivity index (χ3v) is 2.96. The summed E-state index contributed by atoms with van der Waals surface area (Å²) in [6.45, 7) is 1.92. The van der Waals surface area contributed by atoms with Crippen LogP contribution < -0.4 is 21.5 Å². The second kappa shape index (κ2) is 5.52. The van der Waals surface area contributed by atoms with Crippen molar-refractivity contribution in [3.63, 3.8) is 0 Å². The summed E-state index contributed by atoms with van der Waals surface area (Å²) in [5, 5.41) is 2.74. The second-order valence-electron chi connectivity index (χ2n) is 4.50. The Morgan fingerprint density at radius 2 is 1.85 bits per heavy atom. The number of anilines is 3. The number of hydrogen-bond donors (Lipinski definition) is 3. The van der Waals surface area contributed by atoms with Crippen molar-refractivity contribution >= 4 is 23.0 Å². The lowest BCUT2D eigenvalue weighted by Gasteiger charge is -2.11. The Morgan fingerprint density at radius 1 is 1.10 bits per heavy atom. The Morgan fingerprint density at radius 3 is 2.45 bits per heavy atom. The fourth-order valence-corrected chi connectivity index (χ4v) is 1.86. The predicted octanol–water partition coefficient (Wildman–Crippen LogP) is 2.42. The molecule has 0 heterocycles. The molecule has 0 aliphatic carbocycles. The van der Waals surface area contributed by atoms with E-state index in [-0.39, 0.29) is 5.91 Å². The molecule has 5 nitrogen and oxygen atoms in total. The summed E-state index contributed by atoms with van der Waals surface area (Å²) >= 11 is 0. The number of methoxy groups -OCH3 is 1. The van der Waals surface area contributed by atoms with E-state index in [2.05, 4.69) is 5.32 Å². The number of nitrogens with one attached hydrogen (secondary N) is 1. The average molecular weight is 271 g/mol. The van der Waals surface area contributed by atoms with Gasteiger partial charge in [0.2, 0.25) is 0 Å². The number of hydrogen-bond acceptors (Lipinski definition) is 4. The Bertz CT molecular complexity index is 654. The van der Waals surface area contributed by atoms with Crippen molar-refractivity contribution in [2.45, 2.75) is 6.92 Å². The molecular formula is C15H17N3O2. The molecule has 0 fully saturated rings. The molecule has 5 heteroatoms. The third-order valence-electron chi connectivity index (χ3n) is 2.96. The van der Waals surface area contributed by atoms with Gasteiger partial charge in [-0.1, -0.05) is 6.07 Å². The van der Waals surface area contributed by atoms with Crippen LogP contribution in [0.5, 0.6) is 5.75 Å². The highest BCUT2D eigenvalue weighted by molar-refractivity contribution is 6.09. The van der Waals surface area contributed by atoms with E-state index in [1.54, 1.807) is 37.4 Å². The molecule has 0 unspecified atom stereocenters. The van der Waals surface area contributed by atoms with Gasteiger partial charge in [-0.2, -0.15) is 0 Å². The maximum absolute atomic E-state index is 12.2. The summed E-state index contributed by atoms with van der Waals surface area (Å²) in [6, 6.07) is 10.4. The molecule has 0 aliphatic heterocycles. The first-order valence-electron chi connectivity index (χ1n) is 6.12. The molecule has 2 rings (SSSR count). The molecule has 0 radical (unpaired) electrons. The first kappa shape index (κ1) is 13.7. The second-order valence-corrected chi connectivity index (χ2v) is 4.50. The highest BCUT2D eigenvalue weighted by atomic mass is 16.5. The van der Waals surface area contributed by atoms with Crippen LogP contribution in [0.4, 0.5) is 17.1 Å². The third kappa shape index (κ3) is 2.83. The molecule has 104 valence electrons. The number of amides is 1. The van der Waals surface area contributed by atoms with Crippen molar-refractivity contribution in [2.75, 3.05) is 23.9 Å². The molecular weight excluding hydrogens is 254 g/mol. The largest absolute Gasteiger partial charge is 0.497 e. The van der Waals surface area contributed by atoms with Crippen LogP contribution in [0.25, 0.3) is 0 Å². The zero-order valence-electron chi connectivity index (χ0n) is 11.4. The monoisotopic (exact) mass is 271 g/mol. The van der Waals surface area contributed by atoms with Gasteiger partial charge in [-0.05, 0) is 36.8 Å². The summed E-state index contributed by atoms with van der Waals surface area (Å²) in [6.07, 6.45) is 0. The number of rotatable bonds is 3. The number of nitrogen functional groups attached to an aromatic ring is 2. The van der Waals surface area contributed by atoms with Gasteiger partial charge in [0.25, 0.3) is 5.91 Å². The highest BCUT2D eigenvalue weighted by Gasteiger charge is 2.11. The summed E-state index contributed by atoms with van der Waals surface area (Å²) in [5.74, 6) is 0.342. The molecule has 1 amide bonds. The van der Waals surface area contributed by atoms with Crippen molar-refractivity contribution in [1.82, 2.24) is 0 Å². The summed E-state index contributed by atoms with van der Waals surface area (Å²) in [5.41, 5.74) is 14.5. The minimum Gasteiger partial charge on any atom is -0.497 e. The SMILES string of the molecule is COc1ccc(NC(=O)c2ccc(C)cc2N)c(N)c1. The molecule has 0 aromatic heterocycles. The molecule has 0 saturated heterocycles. The summed E-state index contributed by atoms with van der Waals surface area (Å²) in [7, 11) is 1.56. The Labute approximate surface area is 117 Å². The van der Waals surface area contributed by atoms with Crippen molar-refractivity contribution in [3.8, 4) is 5.75 Å². The number of aryl methyl sites for hydroxylation is 1. The minimum absolute atomic E-state index is 0.292. The average Bonchev–Trinajstić information content (AvgIpc) is 2.40. The van der Waals surface area contributed by atoms with E-state index in [0.29, 0.717) is 28.4 Å². The van der Waals surface area contributed by atoms with Gasteiger partial charge in [0.05, 0.1) is 24.0 Å². The fourth-order valence-electron chi connectivity index (χ4n) is 1.86. The topological polar surface area (TPSA) is 90.4 Å².